The van der Waals surface area contributed by atoms with Gasteiger partial charge in [-0.15, -0.1) is 12.1 Å². The van der Waals surface area contributed by atoms with Crippen molar-refractivity contribution in [3.63, 3.8) is 0 Å². The summed E-state index contributed by atoms with van der Waals surface area (Å²) in [5.74, 6) is 0. The third-order valence-electron chi connectivity index (χ3n) is 3.66. The topological polar surface area (TPSA) is 47.6 Å². The van der Waals surface area contributed by atoms with Crippen LogP contribution in [-0.2, 0) is 11.2 Å². The number of nitrogens with one attached hydrogen (secondary N) is 2. The summed E-state index contributed by atoms with van der Waals surface area (Å²) in [5.41, 5.74) is 15.9. The van der Waals surface area contributed by atoms with Gasteiger partial charge in [-0.1, -0.05) is 43.9 Å². The Bertz CT molecular complexity index is 162. The van der Waals surface area contributed by atoms with Gasteiger partial charge in [0.15, 0.2) is 0 Å². The third-order valence-corrected chi connectivity index (χ3v) is 3.66. The summed E-state index contributed by atoms with van der Waals surface area (Å²) in [6.07, 6.45) is 6.82. The van der Waals surface area contributed by atoms with Crippen molar-refractivity contribution in [2.75, 3.05) is 0 Å². The molecule has 14 heavy (non-hydrogen) atoms. The van der Waals surface area contributed by atoms with Crippen LogP contribution in [0.15, 0.2) is 0 Å². The molecule has 0 aromatic heterocycles. The minimum Gasteiger partial charge on any atom is -0.674 e. The zero-order valence-electron chi connectivity index (χ0n) is 7.97. The second-order valence-electron chi connectivity index (χ2n) is 4.17. The monoisotopic (exact) mass is 601 g/mol. The van der Waals surface area contributed by atoms with Crippen LogP contribution in [0.3, 0.4) is 0 Å². The standard InChI is InChI=1S/C9H16N2.2HI.Pt/c10-7-3-1-5-9(7)6-2-4-8(9)11;;;/h7-8,10-11H,1-6H2;2*1H;/q-2;;;+4/p-2. The maximum Gasteiger partial charge on any atom is -0.0504 e. The largest absolute Gasteiger partial charge is 0.674 e. The first-order valence-corrected chi connectivity index (χ1v) is 17.8. The molecule has 2 N–H and O–H groups in total. The molecule has 0 amide bonds. The average molecular weight is 601 g/mol. The van der Waals surface area contributed by atoms with E-state index in [2.05, 4.69) is 38.7 Å². The number of rotatable bonds is 0. The molecule has 5 heteroatoms. The molecule has 2 aliphatic carbocycles. The Morgan fingerprint density at radius 1 is 1.00 bits per heavy atom. The molecule has 86 valence electrons. The van der Waals surface area contributed by atoms with Crippen molar-refractivity contribution in [2.45, 2.75) is 50.6 Å². The molecule has 0 aromatic carbocycles. The van der Waals surface area contributed by atoms with Crippen LogP contribution in [-0.4, -0.2) is 12.1 Å². The predicted molar refractivity (Wildman–Crippen MR) is 74.4 cm³/mol. The van der Waals surface area contributed by atoms with E-state index in [4.69, 9.17) is 11.5 Å². The SMILES string of the molecule is [I][Pt+2][I].[NH-]C1CCCC12CCCC2[NH-]. The van der Waals surface area contributed by atoms with Crippen molar-refractivity contribution >= 4 is 38.7 Å². The zero-order chi connectivity index (χ0) is 10.6. The summed E-state index contributed by atoms with van der Waals surface area (Å²) in [5, 5.41) is 0. The van der Waals surface area contributed by atoms with Crippen LogP contribution in [0.1, 0.15) is 38.5 Å². The van der Waals surface area contributed by atoms with Crippen molar-refractivity contribution in [1.29, 1.82) is 0 Å². The van der Waals surface area contributed by atoms with E-state index < -0.39 is 0 Å². The Morgan fingerprint density at radius 2 is 1.36 bits per heavy atom. The van der Waals surface area contributed by atoms with E-state index in [-0.39, 0.29) is 17.5 Å². The predicted octanol–water partition coefficient (Wildman–Crippen LogP) is 4.95. The van der Waals surface area contributed by atoms with Crippen LogP contribution >= 0.6 is 38.7 Å². The van der Waals surface area contributed by atoms with Crippen molar-refractivity contribution < 1.29 is 11.2 Å². The van der Waals surface area contributed by atoms with Crippen LogP contribution in [0.4, 0.5) is 0 Å². The molecule has 2 rings (SSSR count). The van der Waals surface area contributed by atoms with Crippen LogP contribution in [0.2, 0.25) is 0 Å². The molecule has 0 aliphatic heterocycles. The van der Waals surface area contributed by atoms with Gasteiger partial charge in [0, 0.05) is 0 Å². The molecular formula is C9H16I2N2Pt. The molecule has 2 atom stereocenters. The summed E-state index contributed by atoms with van der Waals surface area (Å²) in [6.45, 7) is 0. The van der Waals surface area contributed by atoms with Gasteiger partial charge in [0.2, 0.25) is 0 Å². The van der Waals surface area contributed by atoms with E-state index in [1.807, 2.05) is 0 Å². The van der Waals surface area contributed by atoms with E-state index in [1.54, 1.807) is 0 Å². The van der Waals surface area contributed by atoms with E-state index in [0.717, 1.165) is 25.7 Å². The second kappa shape index (κ2) is 6.72. The van der Waals surface area contributed by atoms with Gasteiger partial charge >= 0.3 is 49.9 Å². The molecule has 2 aliphatic rings. The van der Waals surface area contributed by atoms with Gasteiger partial charge in [-0.2, -0.15) is 0 Å². The fourth-order valence-corrected chi connectivity index (χ4v) is 2.91. The second-order valence-corrected chi connectivity index (χ2v) is 20.8. The normalized spacial score (nSPS) is 41.4. The van der Waals surface area contributed by atoms with Gasteiger partial charge in [0.1, 0.15) is 0 Å². The minimum absolute atomic E-state index is 0.0903. The third kappa shape index (κ3) is 3.05. The molecule has 2 fully saturated rings. The fourth-order valence-electron chi connectivity index (χ4n) is 2.91. The summed E-state index contributed by atoms with van der Waals surface area (Å²) >= 11 is 5.30. The van der Waals surface area contributed by atoms with Crippen LogP contribution in [0.25, 0.3) is 11.5 Å². The van der Waals surface area contributed by atoms with Gasteiger partial charge in [-0.25, -0.2) is 0 Å². The summed E-state index contributed by atoms with van der Waals surface area (Å²) in [6, 6.07) is 0.181. The number of hydrogen-bond donors (Lipinski definition) is 0. The first-order chi connectivity index (χ1) is 6.67. The molecule has 2 unspecified atom stereocenters. The minimum atomic E-state index is 0.0903. The van der Waals surface area contributed by atoms with Crippen molar-refractivity contribution in [1.82, 2.24) is 0 Å². The van der Waals surface area contributed by atoms with E-state index in [9.17, 15) is 0 Å². The Morgan fingerprint density at radius 3 is 1.57 bits per heavy atom. The van der Waals surface area contributed by atoms with Gasteiger partial charge in [-0.3, -0.25) is 0 Å². The maximum absolute atomic E-state index is 7.89. The first-order valence-electron chi connectivity index (χ1n) is 4.92. The van der Waals surface area contributed by atoms with Gasteiger partial charge in [-0.05, 0) is 0 Å². The van der Waals surface area contributed by atoms with E-state index >= 15 is 0 Å². The molecule has 0 saturated heterocycles. The molecule has 1 spiro atoms. The van der Waals surface area contributed by atoms with Gasteiger partial charge in [0.05, 0.1) is 0 Å². The van der Waals surface area contributed by atoms with E-state index in [0.29, 0.717) is 11.2 Å². The Labute approximate surface area is 116 Å². The molecule has 0 bridgehead atoms. The summed E-state index contributed by atoms with van der Waals surface area (Å²) < 4.78 is 0. The zero-order valence-corrected chi connectivity index (χ0v) is 14.6. The fraction of sp³-hybridized carbons (Fsp3) is 1.00. The Balaban J connectivity index is 0.000000293. The van der Waals surface area contributed by atoms with Gasteiger partial charge in [0.25, 0.3) is 0 Å². The summed E-state index contributed by atoms with van der Waals surface area (Å²) in [4.78, 5) is 0. The Hall–Kier alpha value is 2.07. The maximum atomic E-state index is 7.89. The van der Waals surface area contributed by atoms with Crippen LogP contribution < -0.4 is 0 Å². The molecular weight excluding hydrogens is 585 g/mol. The van der Waals surface area contributed by atoms with Crippen molar-refractivity contribution in [2.24, 2.45) is 5.41 Å². The van der Waals surface area contributed by atoms with Crippen LogP contribution in [0, 0.1) is 5.41 Å². The first kappa shape index (κ1) is 14.1. The molecule has 0 aromatic rings. The van der Waals surface area contributed by atoms with Crippen LogP contribution in [0.5, 0.6) is 0 Å². The van der Waals surface area contributed by atoms with Gasteiger partial charge < -0.3 is 11.5 Å². The van der Waals surface area contributed by atoms with Crippen molar-refractivity contribution in [3.05, 3.63) is 11.5 Å². The molecule has 2 saturated carbocycles. The Kier molecular flexibility index (Phi) is 6.78. The smallest absolute Gasteiger partial charge is 0.0504 e. The van der Waals surface area contributed by atoms with E-state index in [1.165, 1.54) is 12.8 Å². The summed E-state index contributed by atoms with van der Waals surface area (Å²) in [7, 11) is 0. The molecule has 0 heterocycles. The average Bonchev–Trinajstić information content (AvgIpc) is 2.66. The quantitative estimate of drug-likeness (QED) is 0.353. The number of halogens is 2. The molecule has 0 radical (unpaired) electrons. The van der Waals surface area contributed by atoms with Crippen molar-refractivity contribution in [3.8, 4) is 0 Å². The number of hydrogen-bond acceptors (Lipinski definition) is 0. The molecule has 2 nitrogen and oxygen atoms in total.